The van der Waals surface area contributed by atoms with Gasteiger partial charge in [-0.05, 0) is 48.8 Å². The highest BCUT2D eigenvalue weighted by Gasteiger charge is 2.18. The van der Waals surface area contributed by atoms with Crippen LogP contribution in [0.5, 0.6) is 11.5 Å². The highest BCUT2D eigenvalue weighted by atomic mass is 35.5. The average molecular weight is 435 g/mol. The van der Waals surface area contributed by atoms with Crippen molar-refractivity contribution >= 4 is 62.9 Å². The van der Waals surface area contributed by atoms with Gasteiger partial charge >= 0.3 is 0 Å². The first-order chi connectivity index (χ1) is 13.3. The van der Waals surface area contributed by atoms with Gasteiger partial charge in [0.2, 0.25) is 0 Å². The van der Waals surface area contributed by atoms with E-state index in [9.17, 15) is 9.90 Å². The molecule has 0 fully saturated rings. The van der Waals surface area contributed by atoms with Gasteiger partial charge in [-0.2, -0.15) is 0 Å². The van der Waals surface area contributed by atoms with Crippen LogP contribution < -0.4 is 15.4 Å². The van der Waals surface area contributed by atoms with E-state index in [0.717, 1.165) is 10.8 Å². The molecule has 0 saturated carbocycles. The van der Waals surface area contributed by atoms with Crippen LogP contribution >= 0.6 is 35.4 Å². The second-order valence-corrected chi connectivity index (χ2v) is 7.21. The number of carbonyl (C=O) groups is 1. The van der Waals surface area contributed by atoms with E-state index in [1.54, 1.807) is 31.2 Å². The van der Waals surface area contributed by atoms with Gasteiger partial charge in [0.05, 0.1) is 10.7 Å². The molecule has 3 rings (SSSR count). The Hall–Kier alpha value is -2.54. The van der Waals surface area contributed by atoms with E-state index in [0.29, 0.717) is 21.5 Å². The third-order valence-electron chi connectivity index (χ3n) is 3.95. The Bertz CT molecular complexity index is 1060. The summed E-state index contributed by atoms with van der Waals surface area (Å²) in [4.78, 5) is 12.4. The van der Waals surface area contributed by atoms with Gasteiger partial charge in [-0.15, -0.1) is 0 Å². The quantitative estimate of drug-likeness (QED) is 0.392. The van der Waals surface area contributed by atoms with Crippen molar-refractivity contribution in [1.82, 2.24) is 5.32 Å². The fraction of sp³-hybridized carbons (Fsp3) is 0.100. The van der Waals surface area contributed by atoms with Crippen molar-refractivity contribution in [3.05, 3.63) is 64.6 Å². The van der Waals surface area contributed by atoms with Crippen molar-refractivity contribution in [2.75, 3.05) is 5.32 Å². The molecule has 3 aromatic carbocycles. The van der Waals surface area contributed by atoms with Gasteiger partial charge in [0.15, 0.2) is 11.2 Å². The second kappa shape index (κ2) is 8.65. The molecule has 0 bridgehead atoms. The lowest BCUT2D eigenvalue weighted by Crippen LogP contribution is -2.42. The van der Waals surface area contributed by atoms with Crippen molar-refractivity contribution in [2.45, 2.75) is 13.0 Å². The van der Waals surface area contributed by atoms with E-state index < -0.39 is 12.0 Å². The molecule has 28 heavy (non-hydrogen) atoms. The van der Waals surface area contributed by atoms with Crippen LogP contribution in [0.3, 0.4) is 0 Å². The van der Waals surface area contributed by atoms with Crippen molar-refractivity contribution in [3.8, 4) is 11.5 Å². The molecule has 8 heteroatoms. The third-order valence-corrected chi connectivity index (χ3v) is 4.68. The van der Waals surface area contributed by atoms with E-state index in [4.69, 9.17) is 40.2 Å². The van der Waals surface area contributed by atoms with Gasteiger partial charge in [0, 0.05) is 10.4 Å². The fourth-order valence-corrected chi connectivity index (χ4v) is 3.22. The van der Waals surface area contributed by atoms with Crippen LogP contribution in [0.15, 0.2) is 54.6 Å². The number of thiocarbonyl (C=S) groups is 1. The lowest BCUT2D eigenvalue weighted by atomic mass is 10.1. The topological polar surface area (TPSA) is 70.6 Å². The van der Waals surface area contributed by atoms with Crippen LogP contribution in [0.1, 0.15) is 6.92 Å². The van der Waals surface area contributed by atoms with Crippen LogP contribution in [0, 0.1) is 0 Å². The van der Waals surface area contributed by atoms with Gasteiger partial charge in [-0.1, -0.05) is 53.5 Å². The molecular weight excluding hydrogens is 419 g/mol. The molecule has 0 aliphatic heterocycles. The number of phenols is 1. The molecular formula is C20H16Cl2N2O3S. The summed E-state index contributed by atoms with van der Waals surface area (Å²) in [6.07, 6.45) is -0.862. The summed E-state index contributed by atoms with van der Waals surface area (Å²) in [7, 11) is 0. The maximum atomic E-state index is 12.4. The number of nitrogens with one attached hydrogen (secondary N) is 2. The van der Waals surface area contributed by atoms with Crippen molar-refractivity contribution in [2.24, 2.45) is 0 Å². The predicted molar refractivity (Wildman–Crippen MR) is 117 cm³/mol. The summed E-state index contributed by atoms with van der Waals surface area (Å²) >= 11 is 17.1. The van der Waals surface area contributed by atoms with E-state index in [-0.39, 0.29) is 10.9 Å². The Morgan fingerprint density at radius 2 is 1.89 bits per heavy atom. The number of hydrogen-bond acceptors (Lipinski definition) is 4. The monoisotopic (exact) mass is 434 g/mol. The van der Waals surface area contributed by atoms with Crippen LogP contribution in [0.25, 0.3) is 10.8 Å². The smallest absolute Gasteiger partial charge is 0.266 e. The standard InChI is InChI=1S/C20H16Cl2N2O3S/c1-11(27-17-9-7-13(21)10-15(17)22)19(26)24-20(28)23-18-14-5-3-2-4-12(14)6-8-16(18)25/h2-11,25H,1H3,(H2,23,24,26,28). The van der Waals surface area contributed by atoms with Gasteiger partial charge < -0.3 is 15.2 Å². The molecule has 1 amide bonds. The molecule has 0 aliphatic carbocycles. The van der Waals surface area contributed by atoms with Crippen molar-refractivity contribution in [1.29, 1.82) is 0 Å². The summed E-state index contributed by atoms with van der Waals surface area (Å²) in [6, 6.07) is 15.6. The lowest BCUT2D eigenvalue weighted by Gasteiger charge is -2.17. The maximum absolute atomic E-state index is 12.4. The SMILES string of the molecule is CC(Oc1ccc(Cl)cc1Cl)C(=O)NC(=S)Nc1c(O)ccc2ccccc12. The van der Waals surface area contributed by atoms with Gasteiger partial charge in [0.1, 0.15) is 11.5 Å². The van der Waals surface area contributed by atoms with Crippen LogP contribution in [-0.4, -0.2) is 22.2 Å². The van der Waals surface area contributed by atoms with Crippen molar-refractivity contribution in [3.63, 3.8) is 0 Å². The highest BCUT2D eigenvalue weighted by Crippen LogP contribution is 2.32. The number of benzene rings is 3. The van der Waals surface area contributed by atoms with Crippen LogP contribution in [-0.2, 0) is 4.79 Å². The van der Waals surface area contributed by atoms with E-state index >= 15 is 0 Å². The first-order valence-electron chi connectivity index (χ1n) is 8.29. The van der Waals surface area contributed by atoms with E-state index in [1.807, 2.05) is 24.3 Å². The largest absolute Gasteiger partial charge is 0.506 e. The molecule has 0 aromatic heterocycles. The number of fused-ring (bicyclic) bond motifs is 1. The Kier molecular flexibility index (Phi) is 6.24. The Morgan fingerprint density at radius 1 is 1.14 bits per heavy atom. The summed E-state index contributed by atoms with van der Waals surface area (Å²) in [5.74, 6) is -0.116. The Morgan fingerprint density at radius 3 is 2.64 bits per heavy atom. The summed E-state index contributed by atoms with van der Waals surface area (Å²) < 4.78 is 5.57. The summed E-state index contributed by atoms with van der Waals surface area (Å²) in [6.45, 7) is 1.57. The molecule has 0 heterocycles. The number of rotatable bonds is 4. The minimum Gasteiger partial charge on any atom is -0.506 e. The number of halogens is 2. The predicted octanol–water partition coefficient (Wildman–Crippen LogP) is 5.13. The van der Waals surface area contributed by atoms with Gasteiger partial charge in [-0.25, -0.2) is 0 Å². The van der Waals surface area contributed by atoms with Gasteiger partial charge in [-0.3, -0.25) is 10.1 Å². The summed E-state index contributed by atoms with van der Waals surface area (Å²) in [5, 5.41) is 18.1. The minimum atomic E-state index is -0.862. The molecule has 3 aromatic rings. The molecule has 0 radical (unpaired) electrons. The Balaban J connectivity index is 1.68. The zero-order chi connectivity index (χ0) is 20.3. The van der Waals surface area contributed by atoms with E-state index in [2.05, 4.69) is 10.6 Å². The van der Waals surface area contributed by atoms with Crippen LogP contribution in [0.2, 0.25) is 10.0 Å². The average Bonchev–Trinajstić information content (AvgIpc) is 2.66. The van der Waals surface area contributed by atoms with Crippen molar-refractivity contribution < 1.29 is 14.6 Å². The minimum absolute atomic E-state index is 0.0209. The molecule has 1 unspecified atom stereocenters. The Labute approximate surface area is 177 Å². The molecule has 0 saturated heterocycles. The van der Waals surface area contributed by atoms with E-state index in [1.165, 1.54) is 6.07 Å². The number of phenolic OH excluding ortho intramolecular Hbond substituents is 1. The molecule has 0 aliphatic rings. The molecule has 144 valence electrons. The molecule has 0 spiro atoms. The normalized spacial score (nSPS) is 11.7. The second-order valence-electron chi connectivity index (χ2n) is 5.96. The fourth-order valence-electron chi connectivity index (χ4n) is 2.56. The zero-order valence-corrected chi connectivity index (χ0v) is 17.0. The highest BCUT2D eigenvalue weighted by molar-refractivity contribution is 7.80. The molecule has 5 nitrogen and oxygen atoms in total. The third kappa shape index (κ3) is 4.65. The first-order valence-corrected chi connectivity index (χ1v) is 9.46. The van der Waals surface area contributed by atoms with Gasteiger partial charge in [0.25, 0.3) is 5.91 Å². The van der Waals surface area contributed by atoms with Crippen LogP contribution in [0.4, 0.5) is 5.69 Å². The molecule has 3 N–H and O–H groups in total. The lowest BCUT2D eigenvalue weighted by molar-refractivity contribution is -0.125. The number of ether oxygens (including phenoxy) is 1. The summed E-state index contributed by atoms with van der Waals surface area (Å²) in [5.41, 5.74) is 0.415. The number of hydrogen-bond donors (Lipinski definition) is 3. The zero-order valence-electron chi connectivity index (χ0n) is 14.7. The molecule has 1 atom stereocenters. The first kappa shape index (κ1) is 20.2. The number of amides is 1. The number of aromatic hydroxyl groups is 1. The number of carbonyl (C=O) groups excluding carboxylic acids is 1. The number of anilines is 1. The maximum Gasteiger partial charge on any atom is 0.266 e.